The number of nitrogens with one attached hydrogen (secondary N) is 1. The minimum Gasteiger partial charge on any atom is -0.462 e. The lowest BCUT2D eigenvalue weighted by Crippen LogP contribution is -2.26. The summed E-state index contributed by atoms with van der Waals surface area (Å²) in [6, 6.07) is 8.51. The topological polar surface area (TPSA) is 84.4 Å². The van der Waals surface area contributed by atoms with Crippen molar-refractivity contribution in [2.75, 3.05) is 29.9 Å². The number of rotatable bonds is 5. The molecule has 1 amide bonds. The van der Waals surface area contributed by atoms with Crippen LogP contribution < -0.4 is 10.2 Å². The molecule has 0 aliphatic carbocycles. The summed E-state index contributed by atoms with van der Waals surface area (Å²) in [4.78, 5) is 36.0. The Bertz CT molecular complexity index is 845. The molecule has 1 aromatic heterocycles. The number of para-hydroxylation sites is 1. The number of nitrogens with zero attached hydrogens (tertiary/aromatic N) is 3. The molecule has 28 heavy (non-hydrogen) atoms. The Balaban J connectivity index is 1.82. The highest BCUT2D eigenvalue weighted by Crippen LogP contribution is 2.20. The number of ether oxygens (including phenoxy) is 1. The maximum atomic E-state index is 12.8. The van der Waals surface area contributed by atoms with Gasteiger partial charge >= 0.3 is 5.97 Å². The van der Waals surface area contributed by atoms with Crippen molar-refractivity contribution in [2.24, 2.45) is 0 Å². The van der Waals surface area contributed by atoms with E-state index in [9.17, 15) is 9.59 Å². The fourth-order valence-electron chi connectivity index (χ4n) is 3.30. The van der Waals surface area contributed by atoms with Crippen LogP contribution in [0.1, 0.15) is 59.3 Å². The van der Waals surface area contributed by atoms with Gasteiger partial charge in [-0.1, -0.05) is 25.0 Å². The second kappa shape index (κ2) is 9.30. The Kier molecular flexibility index (Phi) is 6.57. The Hall–Kier alpha value is -2.96. The van der Waals surface area contributed by atoms with Gasteiger partial charge in [0.1, 0.15) is 17.3 Å². The second-order valence-corrected chi connectivity index (χ2v) is 6.78. The highest BCUT2D eigenvalue weighted by Gasteiger charge is 2.18. The molecular weight excluding hydrogens is 356 g/mol. The first-order valence-electron chi connectivity index (χ1n) is 9.76. The van der Waals surface area contributed by atoms with Crippen LogP contribution >= 0.6 is 0 Å². The molecule has 1 aliphatic rings. The lowest BCUT2D eigenvalue weighted by atomic mass is 10.1. The molecule has 1 N–H and O–H groups in total. The molecule has 1 saturated heterocycles. The van der Waals surface area contributed by atoms with E-state index >= 15 is 0 Å². The number of hydrogen-bond donors (Lipinski definition) is 1. The zero-order valence-corrected chi connectivity index (χ0v) is 16.4. The van der Waals surface area contributed by atoms with Crippen LogP contribution in [0, 0.1) is 6.92 Å². The average molecular weight is 382 g/mol. The third kappa shape index (κ3) is 4.85. The van der Waals surface area contributed by atoms with Crippen LogP contribution in [0.25, 0.3) is 0 Å². The predicted octanol–water partition coefficient (Wildman–Crippen LogP) is 3.59. The fourth-order valence-corrected chi connectivity index (χ4v) is 3.30. The van der Waals surface area contributed by atoms with Crippen molar-refractivity contribution >= 4 is 23.4 Å². The second-order valence-electron chi connectivity index (χ2n) is 6.78. The van der Waals surface area contributed by atoms with Crippen molar-refractivity contribution in [3.63, 3.8) is 0 Å². The van der Waals surface area contributed by atoms with Crippen molar-refractivity contribution in [1.82, 2.24) is 9.97 Å². The molecule has 7 heteroatoms. The van der Waals surface area contributed by atoms with E-state index < -0.39 is 5.97 Å². The van der Waals surface area contributed by atoms with Gasteiger partial charge in [-0.05, 0) is 38.8 Å². The first-order valence-corrected chi connectivity index (χ1v) is 9.76. The third-order valence-corrected chi connectivity index (χ3v) is 4.66. The van der Waals surface area contributed by atoms with E-state index in [0.717, 1.165) is 31.7 Å². The monoisotopic (exact) mass is 382 g/mol. The van der Waals surface area contributed by atoms with Crippen molar-refractivity contribution in [1.29, 1.82) is 0 Å². The predicted molar refractivity (Wildman–Crippen MR) is 108 cm³/mol. The summed E-state index contributed by atoms with van der Waals surface area (Å²) in [5.74, 6) is 0.477. The fraction of sp³-hybridized carbons (Fsp3) is 0.429. The SMILES string of the molecule is CCOC(=O)c1ccccc1NC(=O)c1cc(N2CCCCCC2)nc(C)n1. The van der Waals surface area contributed by atoms with Crippen LogP contribution in [0.15, 0.2) is 30.3 Å². The summed E-state index contributed by atoms with van der Waals surface area (Å²) in [5.41, 5.74) is 1.00. The van der Waals surface area contributed by atoms with Crippen molar-refractivity contribution < 1.29 is 14.3 Å². The van der Waals surface area contributed by atoms with Gasteiger partial charge in [-0.3, -0.25) is 4.79 Å². The van der Waals surface area contributed by atoms with Crippen LogP contribution in [0.2, 0.25) is 0 Å². The lowest BCUT2D eigenvalue weighted by molar-refractivity contribution is 0.0527. The molecule has 0 saturated carbocycles. The van der Waals surface area contributed by atoms with E-state index in [0.29, 0.717) is 17.1 Å². The zero-order valence-electron chi connectivity index (χ0n) is 16.4. The highest BCUT2D eigenvalue weighted by atomic mass is 16.5. The van der Waals surface area contributed by atoms with Crippen LogP contribution in [-0.4, -0.2) is 41.5 Å². The first-order chi connectivity index (χ1) is 13.6. The molecule has 0 spiro atoms. The molecule has 0 unspecified atom stereocenters. The van der Waals surface area contributed by atoms with E-state index in [4.69, 9.17) is 4.74 Å². The molecule has 0 bridgehead atoms. The van der Waals surface area contributed by atoms with E-state index in [1.54, 1.807) is 44.2 Å². The molecule has 148 valence electrons. The number of aryl methyl sites for hydroxylation is 1. The van der Waals surface area contributed by atoms with E-state index in [1.807, 2.05) is 0 Å². The minimum absolute atomic E-state index is 0.269. The van der Waals surface area contributed by atoms with Crippen molar-refractivity contribution in [2.45, 2.75) is 39.5 Å². The maximum absolute atomic E-state index is 12.8. The lowest BCUT2D eigenvalue weighted by Gasteiger charge is -2.22. The standard InChI is InChI=1S/C21H26N4O3/c1-3-28-21(27)16-10-6-7-11-17(16)24-20(26)18-14-19(23-15(2)22-18)25-12-8-4-5-9-13-25/h6-7,10-11,14H,3-5,8-9,12-13H2,1-2H3,(H,24,26). The van der Waals surface area contributed by atoms with Crippen LogP contribution in [0.5, 0.6) is 0 Å². The quantitative estimate of drug-likeness (QED) is 0.796. The Morgan fingerprint density at radius 3 is 2.54 bits per heavy atom. The van der Waals surface area contributed by atoms with Gasteiger partial charge in [0.05, 0.1) is 17.9 Å². The number of benzene rings is 1. The number of carbonyl (C=O) groups is 2. The molecule has 0 radical (unpaired) electrons. The average Bonchev–Trinajstić information content (AvgIpc) is 2.97. The number of carbonyl (C=O) groups excluding carboxylic acids is 2. The number of amides is 1. The van der Waals surface area contributed by atoms with Gasteiger partial charge in [0.15, 0.2) is 0 Å². The highest BCUT2D eigenvalue weighted by molar-refractivity contribution is 6.07. The van der Waals surface area contributed by atoms with Crippen molar-refractivity contribution in [3.8, 4) is 0 Å². The molecule has 1 fully saturated rings. The minimum atomic E-state index is -0.470. The Labute approximate surface area is 165 Å². The Morgan fingerprint density at radius 1 is 1.11 bits per heavy atom. The normalized spacial score (nSPS) is 14.3. The Morgan fingerprint density at radius 2 is 1.82 bits per heavy atom. The molecule has 2 aromatic rings. The first kappa shape index (κ1) is 19.8. The van der Waals surface area contributed by atoms with Crippen molar-refractivity contribution in [3.05, 3.63) is 47.4 Å². The molecule has 3 rings (SSSR count). The summed E-state index contributed by atoms with van der Waals surface area (Å²) in [5, 5.41) is 2.79. The summed E-state index contributed by atoms with van der Waals surface area (Å²) >= 11 is 0. The summed E-state index contributed by atoms with van der Waals surface area (Å²) in [7, 11) is 0. The third-order valence-electron chi connectivity index (χ3n) is 4.66. The van der Waals surface area contributed by atoms with Crippen LogP contribution in [0.3, 0.4) is 0 Å². The number of esters is 1. The molecule has 7 nitrogen and oxygen atoms in total. The van der Waals surface area contributed by atoms with Gasteiger partial charge < -0.3 is 15.0 Å². The largest absolute Gasteiger partial charge is 0.462 e. The summed E-state index contributed by atoms with van der Waals surface area (Å²) in [6.07, 6.45) is 4.69. The smallest absolute Gasteiger partial charge is 0.340 e. The summed E-state index contributed by atoms with van der Waals surface area (Å²) < 4.78 is 5.06. The molecule has 2 heterocycles. The molecule has 0 atom stereocenters. The van der Waals surface area contributed by atoms with Gasteiger partial charge in [-0.2, -0.15) is 0 Å². The zero-order chi connectivity index (χ0) is 19.9. The number of aromatic nitrogens is 2. The van der Waals surface area contributed by atoms with Gasteiger partial charge in [0, 0.05) is 19.2 Å². The van der Waals surface area contributed by atoms with Crippen LogP contribution in [-0.2, 0) is 4.74 Å². The van der Waals surface area contributed by atoms with Gasteiger partial charge in [-0.25, -0.2) is 14.8 Å². The molecule has 1 aromatic carbocycles. The number of anilines is 2. The van der Waals surface area contributed by atoms with Gasteiger partial charge in [0.25, 0.3) is 5.91 Å². The van der Waals surface area contributed by atoms with E-state index in [-0.39, 0.29) is 18.2 Å². The maximum Gasteiger partial charge on any atom is 0.340 e. The van der Waals surface area contributed by atoms with Gasteiger partial charge in [0.2, 0.25) is 0 Å². The van der Waals surface area contributed by atoms with Crippen LogP contribution in [0.4, 0.5) is 11.5 Å². The van der Waals surface area contributed by atoms with Gasteiger partial charge in [-0.15, -0.1) is 0 Å². The number of hydrogen-bond acceptors (Lipinski definition) is 6. The molecular formula is C21H26N4O3. The van der Waals surface area contributed by atoms with E-state index in [2.05, 4.69) is 20.2 Å². The summed E-state index contributed by atoms with van der Waals surface area (Å²) in [6.45, 7) is 5.66. The van der Waals surface area contributed by atoms with E-state index in [1.165, 1.54) is 12.8 Å². The molecule has 1 aliphatic heterocycles.